The summed E-state index contributed by atoms with van der Waals surface area (Å²) in [7, 11) is 0. The van der Waals surface area contributed by atoms with Crippen molar-refractivity contribution in [2.45, 2.75) is 18.0 Å². The van der Waals surface area contributed by atoms with E-state index >= 15 is 0 Å². The monoisotopic (exact) mass is 385 g/mol. The quantitative estimate of drug-likeness (QED) is 0.481. The van der Waals surface area contributed by atoms with E-state index in [4.69, 9.17) is 29.0 Å². The number of carbonyl (C=O) groups excluding carboxylic acids is 2. The van der Waals surface area contributed by atoms with Gasteiger partial charge in [-0.25, -0.2) is 4.68 Å². The maximum absolute atomic E-state index is 11.6. The minimum atomic E-state index is -0.138. The van der Waals surface area contributed by atoms with Crippen molar-refractivity contribution in [2.24, 2.45) is 0 Å². The molecule has 10 heteroatoms. The summed E-state index contributed by atoms with van der Waals surface area (Å²) >= 11 is 13.4. The maximum Gasteiger partial charge on any atom is 0.229 e. The van der Waals surface area contributed by atoms with Crippen LogP contribution in [-0.2, 0) is 9.59 Å². The third-order valence-electron chi connectivity index (χ3n) is 3.53. The van der Waals surface area contributed by atoms with E-state index in [-0.39, 0.29) is 24.7 Å². The fourth-order valence-corrected chi connectivity index (χ4v) is 3.48. The number of nitrogen functional groups attached to an aromatic ring is 1. The lowest BCUT2D eigenvalue weighted by atomic mass is 10.2. The molecule has 1 saturated heterocycles. The van der Waals surface area contributed by atoms with Crippen LogP contribution in [0.1, 0.15) is 12.8 Å². The van der Waals surface area contributed by atoms with Crippen LogP contribution < -0.4 is 5.84 Å². The molecular weight excluding hydrogens is 373 g/mol. The van der Waals surface area contributed by atoms with Crippen LogP contribution in [0.2, 0.25) is 10.0 Å². The number of hydrogen-bond donors (Lipinski definition) is 1. The largest absolute Gasteiger partial charge is 0.335 e. The highest BCUT2D eigenvalue weighted by Crippen LogP contribution is 2.30. The molecule has 1 aliphatic rings. The highest BCUT2D eigenvalue weighted by atomic mass is 35.5. The van der Waals surface area contributed by atoms with Crippen molar-refractivity contribution < 1.29 is 9.59 Å². The molecule has 0 spiro atoms. The van der Waals surface area contributed by atoms with E-state index in [1.54, 1.807) is 18.2 Å². The molecular formula is C14H13Cl2N5O2S. The summed E-state index contributed by atoms with van der Waals surface area (Å²) in [6.07, 6.45) is 0.571. The van der Waals surface area contributed by atoms with Crippen molar-refractivity contribution in [1.29, 1.82) is 0 Å². The molecule has 0 saturated carbocycles. The molecule has 1 aromatic heterocycles. The molecule has 0 radical (unpaired) electrons. The van der Waals surface area contributed by atoms with Crippen molar-refractivity contribution in [3.63, 3.8) is 0 Å². The molecule has 0 atom stereocenters. The number of nitrogens with zero attached hydrogens (tertiary/aromatic N) is 4. The van der Waals surface area contributed by atoms with Gasteiger partial charge in [0.15, 0.2) is 5.82 Å². The van der Waals surface area contributed by atoms with Gasteiger partial charge in [0.25, 0.3) is 0 Å². The van der Waals surface area contributed by atoms with Crippen LogP contribution in [0.4, 0.5) is 0 Å². The Morgan fingerprint density at radius 3 is 2.58 bits per heavy atom. The van der Waals surface area contributed by atoms with Crippen molar-refractivity contribution in [1.82, 2.24) is 19.8 Å². The molecule has 0 aliphatic carbocycles. The van der Waals surface area contributed by atoms with Crippen molar-refractivity contribution in [3.8, 4) is 11.4 Å². The molecule has 0 bridgehead atoms. The number of carbonyl (C=O) groups is 2. The van der Waals surface area contributed by atoms with Gasteiger partial charge < -0.3 is 5.84 Å². The lowest BCUT2D eigenvalue weighted by Crippen LogP contribution is -2.31. The van der Waals surface area contributed by atoms with Gasteiger partial charge in [0.05, 0.1) is 5.02 Å². The first-order valence-electron chi connectivity index (χ1n) is 7.09. The van der Waals surface area contributed by atoms with Gasteiger partial charge >= 0.3 is 0 Å². The SMILES string of the molecule is Nn1c(SCCN2C(=O)CCC2=O)nnc1-c1cc(Cl)ccc1Cl. The summed E-state index contributed by atoms with van der Waals surface area (Å²) in [4.78, 5) is 24.4. The summed E-state index contributed by atoms with van der Waals surface area (Å²) in [5.41, 5.74) is 0.580. The molecule has 2 N–H and O–H groups in total. The maximum atomic E-state index is 11.6. The van der Waals surface area contributed by atoms with Gasteiger partial charge in [0, 0.05) is 35.7 Å². The minimum absolute atomic E-state index is 0.138. The third-order valence-corrected chi connectivity index (χ3v) is 5.02. The molecule has 1 aliphatic heterocycles. The van der Waals surface area contributed by atoms with Crippen LogP contribution in [0.5, 0.6) is 0 Å². The van der Waals surface area contributed by atoms with Crippen molar-refractivity contribution in [2.75, 3.05) is 18.1 Å². The second kappa shape index (κ2) is 7.00. The lowest BCUT2D eigenvalue weighted by Gasteiger charge is -2.12. The van der Waals surface area contributed by atoms with E-state index < -0.39 is 0 Å². The lowest BCUT2D eigenvalue weighted by molar-refractivity contribution is -0.137. The topological polar surface area (TPSA) is 94.1 Å². The van der Waals surface area contributed by atoms with Gasteiger partial charge in [0.2, 0.25) is 17.0 Å². The van der Waals surface area contributed by atoms with Gasteiger partial charge in [-0.2, -0.15) is 0 Å². The normalized spacial score (nSPS) is 14.7. The molecule has 126 valence electrons. The summed E-state index contributed by atoms with van der Waals surface area (Å²) in [6, 6.07) is 4.99. The smallest absolute Gasteiger partial charge is 0.229 e. The van der Waals surface area contributed by atoms with Crippen LogP contribution in [0.3, 0.4) is 0 Å². The van der Waals surface area contributed by atoms with Gasteiger partial charge in [-0.05, 0) is 18.2 Å². The summed E-state index contributed by atoms with van der Waals surface area (Å²) < 4.78 is 1.32. The molecule has 2 aromatic rings. The zero-order valence-corrected chi connectivity index (χ0v) is 14.7. The predicted octanol–water partition coefficient (Wildman–Crippen LogP) is 2.21. The number of halogens is 2. The zero-order valence-electron chi connectivity index (χ0n) is 12.4. The first kappa shape index (κ1) is 17.1. The summed E-state index contributed by atoms with van der Waals surface area (Å²) in [5.74, 6) is 6.62. The molecule has 1 aromatic carbocycles. The number of benzene rings is 1. The van der Waals surface area contributed by atoms with Crippen LogP contribution >= 0.6 is 35.0 Å². The fourth-order valence-electron chi connectivity index (χ4n) is 2.33. The van der Waals surface area contributed by atoms with E-state index in [9.17, 15) is 9.59 Å². The van der Waals surface area contributed by atoms with Gasteiger partial charge in [0.1, 0.15) is 0 Å². The molecule has 2 heterocycles. The second-order valence-corrected chi connectivity index (χ2v) is 6.99. The summed E-state index contributed by atoms with van der Waals surface area (Å²) in [5, 5.41) is 9.50. The Morgan fingerprint density at radius 2 is 1.88 bits per heavy atom. The molecule has 7 nitrogen and oxygen atoms in total. The van der Waals surface area contributed by atoms with Crippen molar-refractivity contribution >= 4 is 46.8 Å². The Labute approximate surface area is 152 Å². The Hall–Kier alpha value is -1.77. The van der Waals surface area contributed by atoms with E-state index in [2.05, 4.69) is 10.2 Å². The Kier molecular flexibility index (Phi) is 4.98. The number of rotatable bonds is 5. The number of hydrogen-bond acceptors (Lipinski definition) is 6. The highest BCUT2D eigenvalue weighted by molar-refractivity contribution is 7.99. The number of likely N-dealkylation sites (tertiary alicyclic amines) is 1. The van der Waals surface area contributed by atoms with Gasteiger partial charge in [-0.15, -0.1) is 10.2 Å². The first-order valence-corrected chi connectivity index (χ1v) is 8.83. The van der Waals surface area contributed by atoms with Crippen molar-refractivity contribution in [3.05, 3.63) is 28.2 Å². The average Bonchev–Trinajstić information content (AvgIpc) is 3.07. The Bertz CT molecular complexity index is 794. The second-order valence-electron chi connectivity index (χ2n) is 5.09. The summed E-state index contributed by atoms with van der Waals surface area (Å²) in [6.45, 7) is 0.322. The Morgan fingerprint density at radius 1 is 1.17 bits per heavy atom. The standard InChI is InChI=1S/C14H13Cl2N5O2S/c15-8-1-2-10(16)9(7-8)13-18-19-14(21(13)17)24-6-5-20-11(22)3-4-12(20)23/h1-2,7H,3-6,17H2. The predicted molar refractivity (Wildman–Crippen MR) is 92.3 cm³/mol. The number of aromatic nitrogens is 3. The van der Waals surface area contributed by atoms with E-state index in [1.807, 2.05) is 0 Å². The fraction of sp³-hybridized carbons (Fsp3) is 0.286. The first-order chi connectivity index (χ1) is 11.5. The minimum Gasteiger partial charge on any atom is -0.335 e. The van der Waals surface area contributed by atoms with Crippen LogP contribution in [0.15, 0.2) is 23.4 Å². The number of thioether (sulfide) groups is 1. The van der Waals surface area contributed by atoms with E-state index in [1.165, 1.54) is 21.3 Å². The molecule has 1 fully saturated rings. The van der Waals surface area contributed by atoms with E-state index in [0.717, 1.165) is 0 Å². The Balaban J connectivity index is 1.70. The molecule has 0 unspecified atom stereocenters. The molecule has 24 heavy (non-hydrogen) atoms. The highest BCUT2D eigenvalue weighted by Gasteiger charge is 2.28. The van der Waals surface area contributed by atoms with Crippen LogP contribution in [-0.4, -0.2) is 43.9 Å². The zero-order chi connectivity index (χ0) is 17.3. The average molecular weight is 386 g/mol. The van der Waals surface area contributed by atoms with Crippen LogP contribution in [0, 0.1) is 0 Å². The van der Waals surface area contributed by atoms with Crippen LogP contribution in [0.25, 0.3) is 11.4 Å². The number of imide groups is 1. The number of nitrogens with two attached hydrogens (primary N) is 1. The molecule has 3 rings (SSSR count). The van der Waals surface area contributed by atoms with E-state index in [0.29, 0.717) is 38.9 Å². The number of amides is 2. The molecule has 2 amide bonds. The third kappa shape index (κ3) is 3.35. The van der Waals surface area contributed by atoms with Gasteiger partial charge in [-0.3, -0.25) is 14.5 Å². The van der Waals surface area contributed by atoms with Gasteiger partial charge in [-0.1, -0.05) is 35.0 Å².